The minimum Gasteiger partial charge on any atom is -0.490 e. The number of nitrogens with zero attached hydrogens (tertiary/aromatic N) is 2. The van der Waals surface area contributed by atoms with Crippen molar-refractivity contribution < 1.29 is 9.47 Å². The van der Waals surface area contributed by atoms with Crippen LogP contribution in [-0.2, 0) is 20.0 Å². The third-order valence-electron chi connectivity index (χ3n) is 4.08. The van der Waals surface area contributed by atoms with E-state index in [0.29, 0.717) is 24.9 Å². The molecule has 0 unspecified atom stereocenters. The second-order valence-corrected chi connectivity index (χ2v) is 6.29. The van der Waals surface area contributed by atoms with Crippen LogP contribution in [-0.4, -0.2) is 34.7 Å². The topological polar surface area (TPSA) is 60.3 Å². The molecule has 0 atom stereocenters. The van der Waals surface area contributed by atoms with Gasteiger partial charge in [-0.15, -0.1) is 0 Å². The van der Waals surface area contributed by atoms with E-state index >= 15 is 0 Å². The Morgan fingerprint density at radius 2 is 1.88 bits per heavy atom. The van der Waals surface area contributed by atoms with Crippen molar-refractivity contribution in [2.24, 2.45) is 7.05 Å². The van der Waals surface area contributed by atoms with E-state index in [9.17, 15) is 0 Å². The van der Waals surface area contributed by atoms with E-state index in [1.54, 1.807) is 0 Å². The first-order chi connectivity index (χ1) is 12.5. The van der Waals surface area contributed by atoms with Crippen LogP contribution in [0.1, 0.15) is 30.7 Å². The van der Waals surface area contributed by atoms with Crippen LogP contribution in [0.5, 0.6) is 11.5 Å². The fourth-order valence-corrected chi connectivity index (χ4v) is 2.70. The molecule has 2 N–H and O–H groups in total. The molecule has 7 heteroatoms. The van der Waals surface area contributed by atoms with Crippen LogP contribution < -0.4 is 20.1 Å². The summed E-state index contributed by atoms with van der Waals surface area (Å²) < 4.78 is 13.1. The van der Waals surface area contributed by atoms with Gasteiger partial charge in [0.25, 0.3) is 0 Å². The Balaban J connectivity index is 1.80. The predicted molar refractivity (Wildman–Crippen MR) is 108 cm³/mol. The van der Waals surface area contributed by atoms with Gasteiger partial charge < -0.3 is 20.1 Å². The van der Waals surface area contributed by atoms with Gasteiger partial charge in [0.15, 0.2) is 16.6 Å². The lowest BCUT2D eigenvalue weighted by Crippen LogP contribution is -2.36. The highest BCUT2D eigenvalue weighted by molar-refractivity contribution is 7.80. The number of ether oxygens (including phenoxy) is 2. The van der Waals surface area contributed by atoms with E-state index in [4.69, 9.17) is 21.7 Å². The fraction of sp³-hybridized carbons (Fsp3) is 0.474. The summed E-state index contributed by atoms with van der Waals surface area (Å²) in [5.74, 6) is 1.58. The van der Waals surface area contributed by atoms with Crippen LogP contribution in [0, 0.1) is 6.92 Å². The highest BCUT2D eigenvalue weighted by Crippen LogP contribution is 2.28. The van der Waals surface area contributed by atoms with Gasteiger partial charge in [-0.3, -0.25) is 4.68 Å². The summed E-state index contributed by atoms with van der Waals surface area (Å²) >= 11 is 5.35. The average Bonchev–Trinajstić information content (AvgIpc) is 2.94. The summed E-state index contributed by atoms with van der Waals surface area (Å²) in [7, 11) is 1.93. The predicted octanol–water partition coefficient (Wildman–Crippen LogP) is 2.73. The molecule has 0 saturated carbocycles. The van der Waals surface area contributed by atoms with Crippen LogP contribution in [0.15, 0.2) is 24.4 Å². The third-order valence-corrected chi connectivity index (χ3v) is 4.37. The van der Waals surface area contributed by atoms with Crippen LogP contribution in [0.4, 0.5) is 0 Å². The second kappa shape index (κ2) is 10.0. The van der Waals surface area contributed by atoms with Crippen molar-refractivity contribution in [2.45, 2.75) is 33.7 Å². The number of aromatic nitrogens is 2. The second-order valence-electron chi connectivity index (χ2n) is 5.89. The molecule has 6 nitrogen and oxygen atoms in total. The maximum atomic E-state index is 5.67. The summed E-state index contributed by atoms with van der Waals surface area (Å²) in [5.41, 5.74) is 3.46. The van der Waals surface area contributed by atoms with Gasteiger partial charge in [-0.05, 0) is 57.1 Å². The molecule has 0 aliphatic rings. The molecule has 26 heavy (non-hydrogen) atoms. The lowest BCUT2D eigenvalue weighted by Gasteiger charge is -2.13. The summed E-state index contributed by atoms with van der Waals surface area (Å²) in [6.45, 7) is 8.64. The zero-order chi connectivity index (χ0) is 18.9. The van der Waals surface area contributed by atoms with E-state index in [1.165, 1.54) is 5.56 Å². The zero-order valence-corrected chi connectivity index (χ0v) is 16.8. The lowest BCUT2D eigenvalue weighted by atomic mass is 10.1. The van der Waals surface area contributed by atoms with E-state index < -0.39 is 0 Å². The Labute approximate surface area is 160 Å². The molecule has 0 saturated heterocycles. The summed E-state index contributed by atoms with van der Waals surface area (Å²) in [4.78, 5) is 0. The van der Waals surface area contributed by atoms with E-state index in [2.05, 4.69) is 21.8 Å². The Morgan fingerprint density at radius 1 is 1.15 bits per heavy atom. The van der Waals surface area contributed by atoms with E-state index in [0.717, 1.165) is 35.7 Å². The largest absolute Gasteiger partial charge is 0.490 e. The van der Waals surface area contributed by atoms with Crippen LogP contribution >= 0.6 is 12.2 Å². The third kappa shape index (κ3) is 5.62. The standard InChI is InChI=1S/C19H28N4O2S/c1-5-24-17-8-7-15(11-18(17)25-6-2)9-10-20-19(26)21-12-16-13-22-23(4)14(16)3/h7-8,11,13H,5-6,9-10,12H2,1-4H3,(H2,20,21,26). The molecule has 1 aromatic heterocycles. The zero-order valence-electron chi connectivity index (χ0n) is 16.0. The summed E-state index contributed by atoms with van der Waals surface area (Å²) in [6, 6.07) is 6.06. The highest BCUT2D eigenvalue weighted by Gasteiger charge is 2.07. The fourth-order valence-electron chi connectivity index (χ4n) is 2.53. The van der Waals surface area contributed by atoms with Crippen molar-refractivity contribution in [3.63, 3.8) is 0 Å². The van der Waals surface area contributed by atoms with Crippen molar-refractivity contribution in [3.05, 3.63) is 41.2 Å². The van der Waals surface area contributed by atoms with Crippen molar-refractivity contribution in [3.8, 4) is 11.5 Å². The molecule has 142 valence electrons. The van der Waals surface area contributed by atoms with Gasteiger partial charge in [0.1, 0.15) is 0 Å². The monoisotopic (exact) mass is 376 g/mol. The van der Waals surface area contributed by atoms with Crippen molar-refractivity contribution in [1.82, 2.24) is 20.4 Å². The van der Waals surface area contributed by atoms with Gasteiger partial charge in [-0.2, -0.15) is 5.10 Å². The maximum Gasteiger partial charge on any atom is 0.166 e. The highest BCUT2D eigenvalue weighted by atomic mass is 32.1. The molecular weight excluding hydrogens is 348 g/mol. The molecule has 1 heterocycles. The Morgan fingerprint density at radius 3 is 2.54 bits per heavy atom. The molecular formula is C19H28N4O2S. The number of aryl methyl sites for hydroxylation is 1. The molecule has 0 aliphatic heterocycles. The summed E-state index contributed by atoms with van der Waals surface area (Å²) in [5, 5.41) is 11.3. The Bertz CT molecular complexity index is 730. The quantitative estimate of drug-likeness (QED) is 0.656. The number of rotatable bonds is 9. The van der Waals surface area contributed by atoms with Gasteiger partial charge >= 0.3 is 0 Å². The first-order valence-corrected chi connectivity index (χ1v) is 9.33. The number of thiocarbonyl (C=S) groups is 1. The number of benzene rings is 1. The SMILES string of the molecule is CCOc1ccc(CCNC(=S)NCc2cnn(C)c2C)cc1OCC. The van der Waals surface area contributed by atoms with Gasteiger partial charge in [-0.25, -0.2) is 0 Å². The molecule has 0 amide bonds. The van der Waals surface area contributed by atoms with E-state index in [-0.39, 0.29) is 0 Å². The molecule has 0 aliphatic carbocycles. The van der Waals surface area contributed by atoms with Gasteiger partial charge in [-0.1, -0.05) is 6.07 Å². The summed E-state index contributed by atoms with van der Waals surface area (Å²) in [6.07, 6.45) is 2.71. The first-order valence-electron chi connectivity index (χ1n) is 8.92. The first kappa shape index (κ1) is 20.0. The maximum absolute atomic E-state index is 5.67. The van der Waals surface area contributed by atoms with Gasteiger partial charge in [0.2, 0.25) is 0 Å². The molecule has 0 bridgehead atoms. The molecule has 2 aromatic rings. The van der Waals surface area contributed by atoms with Crippen molar-refractivity contribution in [2.75, 3.05) is 19.8 Å². The lowest BCUT2D eigenvalue weighted by molar-refractivity contribution is 0.287. The number of hydrogen-bond donors (Lipinski definition) is 2. The number of hydrogen-bond acceptors (Lipinski definition) is 4. The molecule has 0 fully saturated rings. The number of nitrogens with one attached hydrogen (secondary N) is 2. The van der Waals surface area contributed by atoms with Crippen LogP contribution in [0.25, 0.3) is 0 Å². The van der Waals surface area contributed by atoms with Gasteiger partial charge in [0.05, 0.1) is 19.4 Å². The van der Waals surface area contributed by atoms with Crippen molar-refractivity contribution in [1.29, 1.82) is 0 Å². The van der Waals surface area contributed by atoms with Crippen LogP contribution in [0.2, 0.25) is 0 Å². The Kier molecular flexibility index (Phi) is 7.72. The molecule has 0 spiro atoms. The molecule has 1 aromatic carbocycles. The van der Waals surface area contributed by atoms with E-state index in [1.807, 2.05) is 50.8 Å². The Hall–Kier alpha value is -2.28. The van der Waals surface area contributed by atoms with Crippen molar-refractivity contribution >= 4 is 17.3 Å². The average molecular weight is 377 g/mol. The minimum absolute atomic E-state index is 0.615. The van der Waals surface area contributed by atoms with Crippen LogP contribution in [0.3, 0.4) is 0 Å². The van der Waals surface area contributed by atoms with Gasteiger partial charge in [0, 0.05) is 31.4 Å². The normalized spacial score (nSPS) is 10.5. The molecule has 0 radical (unpaired) electrons. The minimum atomic E-state index is 0.615. The smallest absolute Gasteiger partial charge is 0.166 e. The molecule has 2 rings (SSSR count).